The van der Waals surface area contributed by atoms with E-state index in [9.17, 15) is 4.79 Å². The molecule has 2 rings (SSSR count). The molecule has 3 nitrogen and oxygen atoms in total. The van der Waals surface area contributed by atoms with E-state index in [1.54, 1.807) is 0 Å². The zero-order valence-corrected chi connectivity index (χ0v) is 8.23. The molecule has 0 aromatic heterocycles. The fourth-order valence-corrected chi connectivity index (χ4v) is 1.82. The number of carbonyl (C=O) groups is 1. The first kappa shape index (κ1) is 9.21. The lowest BCUT2D eigenvalue weighted by atomic mass is 10.0. The van der Waals surface area contributed by atoms with Crippen molar-refractivity contribution in [2.24, 2.45) is 0 Å². The van der Waals surface area contributed by atoms with Crippen LogP contribution in [0, 0.1) is 0 Å². The molecule has 0 saturated carbocycles. The Bertz CT molecular complexity index is 323. The van der Waals surface area contributed by atoms with Gasteiger partial charge >= 0.3 is 0 Å². The number of nitrogens with zero attached hydrogens (tertiary/aromatic N) is 1. The highest BCUT2D eigenvalue weighted by molar-refractivity contribution is 5.83. The van der Waals surface area contributed by atoms with Crippen LogP contribution in [0.4, 0.5) is 0 Å². The Labute approximate surface area is 83.7 Å². The van der Waals surface area contributed by atoms with Crippen molar-refractivity contribution in [3.8, 4) is 0 Å². The normalized spacial score (nSPS) is 23.2. The molecule has 1 aliphatic rings. The van der Waals surface area contributed by atoms with Crippen molar-refractivity contribution in [3.63, 3.8) is 0 Å². The summed E-state index contributed by atoms with van der Waals surface area (Å²) in [4.78, 5) is 13.7. The second-order valence-corrected chi connectivity index (χ2v) is 3.58. The van der Waals surface area contributed by atoms with Crippen molar-refractivity contribution < 1.29 is 4.79 Å². The quantitative estimate of drug-likeness (QED) is 0.710. The van der Waals surface area contributed by atoms with Gasteiger partial charge in [-0.3, -0.25) is 9.69 Å². The molecular formula is C11H14N2O. The predicted molar refractivity (Wildman–Crippen MR) is 54.8 cm³/mol. The molecule has 1 saturated heterocycles. The second-order valence-electron chi connectivity index (χ2n) is 3.58. The Morgan fingerprint density at radius 3 is 2.71 bits per heavy atom. The van der Waals surface area contributed by atoms with Gasteiger partial charge in [0.05, 0.1) is 0 Å². The van der Waals surface area contributed by atoms with Crippen LogP contribution >= 0.6 is 0 Å². The molecule has 0 spiro atoms. The Balaban J connectivity index is 2.27. The van der Waals surface area contributed by atoms with Gasteiger partial charge in [-0.2, -0.15) is 0 Å². The van der Waals surface area contributed by atoms with E-state index in [0.717, 1.165) is 18.7 Å². The van der Waals surface area contributed by atoms with Gasteiger partial charge in [0.2, 0.25) is 5.91 Å². The van der Waals surface area contributed by atoms with Crippen LogP contribution in [0.5, 0.6) is 0 Å². The number of hydrogen-bond donors (Lipinski definition) is 1. The van der Waals surface area contributed by atoms with E-state index in [1.165, 1.54) is 0 Å². The molecule has 1 fully saturated rings. The first-order valence-corrected chi connectivity index (χ1v) is 4.82. The Morgan fingerprint density at radius 1 is 1.36 bits per heavy atom. The maximum Gasteiger partial charge on any atom is 0.241 e. The van der Waals surface area contributed by atoms with Crippen molar-refractivity contribution >= 4 is 5.91 Å². The number of likely N-dealkylation sites (N-methyl/N-ethyl adjacent to an activating group) is 1. The third-order valence-corrected chi connectivity index (χ3v) is 2.57. The van der Waals surface area contributed by atoms with Crippen LogP contribution in [0.15, 0.2) is 30.3 Å². The van der Waals surface area contributed by atoms with E-state index in [4.69, 9.17) is 0 Å². The highest BCUT2D eigenvalue weighted by Crippen LogP contribution is 2.20. The van der Waals surface area contributed by atoms with Gasteiger partial charge in [-0.25, -0.2) is 0 Å². The summed E-state index contributed by atoms with van der Waals surface area (Å²) in [5.74, 6) is 0.102. The van der Waals surface area contributed by atoms with E-state index < -0.39 is 0 Å². The van der Waals surface area contributed by atoms with Gasteiger partial charge in [0, 0.05) is 13.1 Å². The van der Waals surface area contributed by atoms with Crippen molar-refractivity contribution in [3.05, 3.63) is 35.9 Å². The molecule has 1 aromatic carbocycles. The number of benzene rings is 1. The molecule has 1 heterocycles. The number of piperazine rings is 1. The summed E-state index contributed by atoms with van der Waals surface area (Å²) in [5, 5.41) is 2.88. The summed E-state index contributed by atoms with van der Waals surface area (Å²) in [7, 11) is 1.98. The number of rotatable bonds is 1. The van der Waals surface area contributed by atoms with E-state index >= 15 is 0 Å². The summed E-state index contributed by atoms with van der Waals surface area (Å²) >= 11 is 0. The van der Waals surface area contributed by atoms with Gasteiger partial charge in [0.25, 0.3) is 0 Å². The Kier molecular flexibility index (Phi) is 2.50. The molecule has 1 atom stereocenters. The zero-order valence-electron chi connectivity index (χ0n) is 8.23. The molecule has 0 bridgehead atoms. The van der Waals surface area contributed by atoms with Crippen LogP contribution in [0.25, 0.3) is 0 Å². The molecular weight excluding hydrogens is 176 g/mol. The third kappa shape index (κ3) is 1.63. The minimum atomic E-state index is -0.120. The molecule has 0 aliphatic carbocycles. The average molecular weight is 190 g/mol. The van der Waals surface area contributed by atoms with E-state index in [-0.39, 0.29) is 11.9 Å². The summed E-state index contributed by atoms with van der Waals surface area (Å²) in [6.07, 6.45) is 0. The van der Waals surface area contributed by atoms with Crippen LogP contribution in [-0.4, -0.2) is 30.9 Å². The van der Waals surface area contributed by atoms with Gasteiger partial charge in [0.1, 0.15) is 6.04 Å². The molecule has 1 N–H and O–H groups in total. The number of amides is 1. The van der Waals surface area contributed by atoms with Crippen molar-refractivity contribution in [2.45, 2.75) is 6.04 Å². The van der Waals surface area contributed by atoms with Gasteiger partial charge in [-0.05, 0) is 12.6 Å². The highest BCUT2D eigenvalue weighted by Gasteiger charge is 2.27. The first-order valence-electron chi connectivity index (χ1n) is 4.82. The Hall–Kier alpha value is -1.35. The van der Waals surface area contributed by atoms with Crippen LogP contribution in [-0.2, 0) is 4.79 Å². The maximum absolute atomic E-state index is 11.7. The molecule has 14 heavy (non-hydrogen) atoms. The van der Waals surface area contributed by atoms with Crippen molar-refractivity contribution in [1.29, 1.82) is 0 Å². The molecule has 0 radical (unpaired) electrons. The lowest BCUT2D eigenvalue weighted by molar-refractivity contribution is -0.128. The topological polar surface area (TPSA) is 32.3 Å². The van der Waals surface area contributed by atoms with Gasteiger partial charge < -0.3 is 5.32 Å². The number of nitrogens with one attached hydrogen (secondary N) is 1. The Morgan fingerprint density at radius 2 is 2.07 bits per heavy atom. The minimum absolute atomic E-state index is 0.102. The summed E-state index contributed by atoms with van der Waals surface area (Å²) in [6, 6.07) is 9.75. The van der Waals surface area contributed by atoms with Gasteiger partial charge in [-0.15, -0.1) is 0 Å². The maximum atomic E-state index is 11.7. The lowest BCUT2D eigenvalue weighted by Gasteiger charge is -2.31. The summed E-state index contributed by atoms with van der Waals surface area (Å²) < 4.78 is 0. The fourth-order valence-electron chi connectivity index (χ4n) is 1.82. The monoisotopic (exact) mass is 190 g/mol. The lowest BCUT2D eigenvalue weighted by Crippen LogP contribution is -2.48. The highest BCUT2D eigenvalue weighted by atomic mass is 16.2. The molecule has 74 valence electrons. The molecule has 0 unspecified atom stereocenters. The van der Waals surface area contributed by atoms with Crippen LogP contribution in [0.3, 0.4) is 0 Å². The molecule has 3 heteroatoms. The van der Waals surface area contributed by atoms with E-state index in [0.29, 0.717) is 0 Å². The standard InChI is InChI=1S/C11H14N2O/c1-13-8-7-12-11(14)10(13)9-5-3-2-4-6-9/h2-6,10H,7-8H2,1H3,(H,12,14)/t10-/m0/s1. The fraction of sp³-hybridized carbons (Fsp3) is 0.364. The number of carbonyl (C=O) groups excluding carboxylic acids is 1. The van der Waals surface area contributed by atoms with Crippen molar-refractivity contribution in [1.82, 2.24) is 10.2 Å². The van der Waals surface area contributed by atoms with E-state index in [1.807, 2.05) is 37.4 Å². The summed E-state index contributed by atoms with van der Waals surface area (Å²) in [6.45, 7) is 1.66. The molecule has 1 aliphatic heterocycles. The van der Waals surface area contributed by atoms with Gasteiger partial charge in [0.15, 0.2) is 0 Å². The second kappa shape index (κ2) is 3.80. The van der Waals surface area contributed by atoms with Gasteiger partial charge in [-0.1, -0.05) is 30.3 Å². The van der Waals surface area contributed by atoms with E-state index in [2.05, 4.69) is 10.2 Å². The third-order valence-electron chi connectivity index (χ3n) is 2.57. The van der Waals surface area contributed by atoms with Crippen LogP contribution < -0.4 is 5.32 Å². The smallest absolute Gasteiger partial charge is 0.241 e. The predicted octanol–water partition coefficient (Wildman–Crippen LogP) is 0.789. The minimum Gasteiger partial charge on any atom is -0.353 e. The average Bonchev–Trinajstić information content (AvgIpc) is 2.19. The first-order chi connectivity index (χ1) is 6.79. The SMILES string of the molecule is CN1CCNC(=O)[C@@H]1c1ccccc1. The van der Waals surface area contributed by atoms with Crippen LogP contribution in [0.1, 0.15) is 11.6 Å². The summed E-state index contributed by atoms with van der Waals surface area (Å²) in [5.41, 5.74) is 1.06. The largest absolute Gasteiger partial charge is 0.353 e. The molecule has 1 aromatic rings. The van der Waals surface area contributed by atoms with Crippen LogP contribution in [0.2, 0.25) is 0 Å². The molecule has 1 amide bonds. The van der Waals surface area contributed by atoms with Crippen molar-refractivity contribution in [2.75, 3.05) is 20.1 Å². The number of hydrogen-bond acceptors (Lipinski definition) is 2. The zero-order chi connectivity index (χ0) is 9.97.